The standard InChI is InChI=1S/C10H20F3N/c1-4-9(8(2)3)14-7-5-6-10(11,12)13/h8-9,14H,4-7H2,1-3H3. The van der Waals surface area contributed by atoms with Crippen molar-refractivity contribution in [2.45, 2.75) is 52.3 Å². The Balaban J connectivity index is 3.52. The van der Waals surface area contributed by atoms with Crippen LogP contribution in [0, 0.1) is 5.92 Å². The van der Waals surface area contributed by atoms with Crippen molar-refractivity contribution in [3.63, 3.8) is 0 Å². The van der Waals surface area contributed by atoms with Crippen LogP contribution in [0.1, 0.15) is 40.0 Å². The lowest BCUT2D eigenvalue weighted by atomic mass is 10.0. The maximum Gasteiger partial charge on any atom is 0.389 e. The molecule has 0 heterocycles. The molecule has 0 radical (unpaired) electrons. The fourth-order valence-electron chi connectivity index (χ4n) is 1.43. The van der Waals surface area contributed by atoms with Crippen LogP contribution in [0.5, 0.6) is 0 Å². The lowest BCUT2D eigenvalue weighted by Crippen LogP contribution is -2.34. The minimum Gasteiger partial charge on any atom is -0.314 e. The maximum atomic E-state index is 11.8. The first kappa shape index (κ1) is 13.8. The molecule has 0 aliphatic heterocycles. The van der Waals surface area contributed by atoms with Crippen molar-refractivity contribution in [3.8, 4) is 0 Å². The number of hydrogen-bond acceptors (Lipinski definition) is 1. The van der Waals surface area contributed by atoms with Gasteiger partial charge < -0.3 is 5.32 Å². The van der Waals surface area contributed by atoms with Gasteiger partial charge in [0, 0.05) is 12.5 Å². The lowest BCUT2D eigenvalue weighted by Gasteiger charge is -2.20. The summed E-state index contributed by atoms with van der Waals surface area (Å²) in [5, 5.41) is 3.14. The number of halogens is 3. The fourth-order valence-corrected chi connectivity index (χ4v) is 1.43. The first-order valence-electron chi connectivity index (χ1n) is 5.17. The first-order valence-corrected chi connectivity index (χ1v) is 5.17. The SMILES string of the molecule is CCC(NCCCC(F)(F)F)C(C)C. The molecule has 1 atom stereocenters. The van der Waals surface area contributed by atoms with E-state index in [1.165, 1.54) is 0 Å². The number of hydrogen-bond donors (Lipinski definition) is 1. The normalized spacial score (nSPS) is 14.8. The fraction of sp³-hybridized carbons (Fsp3) is 1.00. The van der Waals surface area contributed by atoms with E-state index in [4.69, 9.17) is 0 Å². The Kier molecular flexibility index (Phi) is 6.16. The third kappa shape index (κ3) is 7.18. The van der Waals surface area contributed by atoms with Crippen LogP contribution >= 0.6 is 0 Å². The van der Waals surface area contributed by atoms with Gasteiger partial charge in [0.05, 0.1) is 0 Å². The predicted molar refractivity (Wildman–Crippen MR) is 52.2 cm³/mol. The first-order chi connectivity index (χ1) is 6.37. The molecule has 1 N–H and O–H groups in total. The Morgan fingerprint density at radius 1 is 1.21 bits per heavy atom. The van der Waals surface area contributed by atoms with Crippen molar-refractivity contribution in [1.82, 2.24) is 5.32 Å². The van der Waals surface area contributed by atoms with Crippen LogP contribution in [0.2, 0.25) is 0 Å². The quantitative estimate of drug-likeness (QED) is 0.664. The van der Waals surface area contributed by atoms with E-state index in [0.717, 1.165) is 6.42 Å². The largest absolute Gasteiger partial charge is 0.389 e. The van der Waals surface area contributed by atoms with E-state index in [1.807, 2.05) is 6.92 Å². The highest BCUT2D eigenvalue weighted by Crippen LogP contribution is 2.20. The van der Waals surface area contributed by atoms with Crippen LogP contribution in [0.15, 0.2) is 0 Å². The van der Waals surface area contributed by atoms with Gasteiger partial charge in [-0.15, -0.1) is 0 Å². The topological polar surface area (TPSA) is 12.0 Å². The third-order valence-corrected chi connectivity index (χ3v) is 2.29. The van der Waals surface area contributed by atoms with Crippen LogP contribution < -0.4 is 5.32 Å². The Labute approximate surface area is 84.1 Å². The average Bonchev–Trinajstić information content (AvgIpc) is 2.01. The second-order valence-corrected chi connectivity index (χ2v) is 3.93. The highest BCUT2D eigenvalue weighted by atomic mass is 19.4. The van der Waals surface area contributed by atoms with E-state index < -0.39 is 12.6 Å². The summed E-state index contributed by atoms with van der Waals surface area (Å²) >= 11 is 0. The molecule has 0 aromatic heterocycles. The summed E-state index contributed by atoms with van der Waals surface area (Å²) in [7, 11) is 0. The van der Waals surface area contributed by atoms with Gasteiger partial charge in [0.1, 0.15) is 0 Å². The molecule has 0 saturated carbocycles. The van der Waals surface area contributed by atoms with Gasteiger partial charge in [-0.3, -0.25) is 0 Å². The molecule has 4 heteroatoms. The maximum absolute atomic E-state index is 11.8. The van der Waals surface area contributed by atoms with Gasteiger partial charge in [0.25, 0.3) is 0 Å². The smallest absolute Gasteiger partial charge is 0.314 e. The predicted octanol–water partition coefficient (Wildman–Crippen LogP) is 3.35. The Morgan fingerprint density at radius 3 is 2.14 bits per heavy atom. The van der Waals surface area contributed by atoms with Crippen LogP contribution in [-0.4, -0.2) is 18.8 Å². The highest BCUT2D eigenvalue weighted by Gasteiger charge is 2.26. The molecule has 14 heavy (non-hydrogen) atoms. The van der Waals surface area contributed by atoms with Crippen molar-refractivity contribution in [1.29, 1.82) is 0 Å². The molecule has 1 unspecified atom stereocenters. The molecule has 0 aliphatic carbocycles. The Bertz CT molecular complexity index is 143. The summed E-state index contributed by atoms with van der Waals surface area (Å²) in [6.07, 6.45) is -3.56. The number of nitrogens with one attached hydrogen (secondary N) is 1. The molecule has 1 nitrogen and oxygen atoms in total. The van der Waals surface area contributed by atoms with Gasteiger partial charge in [0.15, 0.2) is 0 Å². The molecule has 0 aromatic rings. The second kappa shape index (κ2) is 6.27. The number of alkyl halides is 3. The van der Waals surface area contributed by atoms with Crippen LogP contribution in [0.25, 0.3) is 0 Å². The average molecular weight is 211 g/mol. The summed E-state index contributed by atoms with van der Waals surface area (Å²) in [6, 6.07) is 0.336. The van der Waals surface area contributed by atoms with E-state index in [2.05, 4.69) is 19.2 Å². The van der Waals surface area contributed by atoms with Crippen molar-refractivity contribution in [2.75, 3.05) is 6.54 Å². The van der Waals surface area contributed by atoms with Gasteiger partial charge in [-0.1, -0.05) is 20.8 Å². The third-order valence-electron chi connectivity index (χ3n) is 2.29. The lowest BCUT2D eigenvalue weighted by molar-refractivity contribution is -0.135. The van der Waals surface area contributed by atoms with E-state index in [-0.39, 0.29) is 6.42 Å². The zero-order valence-electron chi connectivity index (χ0n) is 9.12. The van der Waals surface area contributed by atoms with Crippen LogP contribution in [-0.2, 0) is 0 Å². The minimum atomic E-state index is -4.01. The zero-order chi connectivity index (χ0) is 11.2. The highest BCUT2D eigenvalue weighted by molar-refractivity contribution is 4.68. The van der Waals surface area contributed by atoms with Crippen LogP contribution in [0.4, 0.5) is 13.2 Å². The molecular weight excluding hydrogens is 191 g/mol. The van der Waals surface area contributed by atoms with Crippen molar-refractivity contribution in [3.05, 3.63) is 0 Å². The summed E-state index contributed by atoms with van der Waals surface area (Å²) in [5.41, 5.74) is 0. The minimum absolute atomic E-state index is 0.173. The molecule has 0 aromatic carbocycles. The van der Waals surface area contributed by atoms with Gasteiger partial charge in [-0.05, 0) is 25.3 Å². The van der Waals surface area contributed by atoms with Crippen molar-refractivity contribution >= 4 is 0 Å². The molecular formula is C10H20F3N. The molecule has 86 valence electrons. The van der Waals surface area contributed by atoms with E-state index in [0.29, 0.717) is 18.5 Å². The summed E-state index contributed by atoms with van der Waals surface area (Å²) in [5.74, 6) is 0.478. The zero-order valence-corrected chi connectivity index (χ0v) is 9.12. The van der Waals surface area contributed by atoms with E-state index in [9.17, 15) is 13.2 Å². The van der Waals surface area contributed by atoms with Gasteiger partial charge >= 0.3 is 6.18 Å². The second-order valence-electron chi connectivity index (χ2n) is 3.93. The summed E-state index contributed by atoms with van der Waals surface area (Å²) in [6.45, 7) is 6.65. The van der Waals surface area contributed by atoms with E-state index in [1.54, 1.807) is 0 Å². The molecule has 0 fully saturated rings. The summed E-state index contributed by atoms with van der Waals surface area (Å²) < 4.78 is 35.4. The molecule has 0 spiro atoms. The molecule has 0 bridgehead atoms. The monoisotopic (exact) mass is 211 g/mol. The van der Waals surface area contributed by atoms with Gasteiger partial charge in [-0.2, -0.15) is 13.2 Å². The van der Waals surface area contributed by atoms with Gasteiger partial charge in [-0.25, -0.2) is 0 Å². The molecule has 0 amide bonds. The van der Waals surface area contributed by atoms with E-state index >= 15 is 0 Å². The summed E-state index contributed by atoms with van der Waals surface area (Å²) in [4.78, 5) is 0. The molecule has 0 saturated heterocycles. The number of rotatable bonds is 6. The van der Waals surface area contributed by atoms with Crippen molar-refractivity contribution in [2.24, 2.45) is 5.92 Å². The van der Waals surface area contributed by atoms with Crippen LogP contribution in [0.3, 0.4) is 0 Å². The van der Waals surface area contributed by atoms with Crippen molar-refractivity contribution < 1.29 is 13.2 Å². The Morgan fingerprint density at radius 2 is 1.79 bits per heavy atom. The Hall–Kier alpha value is -0.250. The molecule has 0 rings (SSSR count). The van der Waals surface area contributed by atoms with Gasteiger partial charge in [0.2, 0.25) is 0 Å². The molecule has 0 aliphatic rings.